The maximum Gasteiger partial charge on any atom is 0.247 e. The van der Waals surface area contributed by atoms with Crippen LogP contribution in [0.1, 0.15) is 67.4 Å². The fraction of sp³-hybridized carbons (Fsp3) is 0.556. The van der Waals surface area contributed by atoms with Gasteiger partial charge in [-0.1, -0.05) is 17.7 Å². The summed E-state index contributed by atoms with van der Waals surface area (Å²) >= 11 is 6.83. The van der Waals surface area contributed by atoms with E-state index in [4.69, 9.17) is 21.1 Å². The third-order valence-corrected chi connectivity index (χ3v) is 5.92. The predicted molar refractivity (Wildman–Crippen MR) is 140 cm³/mol. The number of methoxy groups -OCH3 is 2. The third-order valence-electron chi connectivity index (χ3n) is 5.46. The molecular weight excluding hydrogens is 452 g/mol. The zero-order valence-electron chi connectivity index (χ0n) is 22.3. The van der Waals surface area contributed by atoms with Gasteiger partial charge in [0.2, 0.25) is 11.8 Å². The zero-order chi connectivity index (χ0) is 26.2. The van der Waals surface area contributed by atoms with Crippen molar-refractivity contribution in [3.05, 3.63) is 41.5 Å². The van der Waals surface area contributed by atoms with E-state index in [1.165, 1.54) is 6.08 Å². The molecule has 0 unspecified atom stereocenters. The van der Waals surface area contributed by atoms with E-state index in [2.05, 4.69) is 0 Å². The van der Waals surface area contributed by atoms with Crippen molar-refractivity contribution in [1.82, 2.24) is 9.80 Å². The second kappa shape index (κ2) is 13.4. The highest BCUT2D eigenvalue weighted by molar-refractivity contribution is 6.49. The predicted octanol–water partition coefficient (Wildman–Crippen LogP) is 5.89. The Hall–Kier alpha value is -2.47. The average Bonchev–Trinajstić information content (AvgIpc) is 2.74. The van der Waals surface area contributed by atoms with Crippen LogP contribution in [0.15, 0.2) is 35.9 Å². The maximum atomic E-state index is 13.3. The van der Waals surface area contributed by atoms with Crippen LogP contribution in [0.3, 0.4) is 0 Å². The molecule has 0 aliphatic carbocycles. The van der Waals surface area contributed by atoms with Crippen molar-refractivity contribution in [2.75, 3.05) is 14.2 Å². The molecule has 0 aliphatic heterocycles. The van der Waals surface area contributed by atoms with Crippen LogP contribution < -0.4 is 9.47 Å². The molecule has 0 spiro atoms. The number of hydrogen-bond acceptors (Lipinski definition) is 4. The van der Waals surface area contributed by atoms with E-state index in [9.17, 15) is 9.59 Å². The van der Waals surface area contributed by atoms with Crippen LogP contribution in [-0.4, -0.2) is 60.0 Å². The van der Waals surface area contributed by atoms with E-state index in [1.807, 2.05) is 60.3 Å². The van der Waals surface area contributed by atoms with Crippen molar-refractivity contribution in [1.29, 1.82) is 0 Å². The molecule has 1 aromatic carbocycles. The summed E-state index contributed by atoms with van der Waals surface area (Å²) in [6.45, 7) is 15.9. The minimum Gasteiger partial charge on any atom is -0.493 e. The van der Waals surface area contributed by atoms with Gasteiger partial charge in [-0.2, -0.15) is 0 Å². The number of benzene rings is 1. The summed E-state index contributed by atoms with van der Waals surface area (Å²) in [5, 5.41) is 0.381. The van der Waals surface area contributed by atoms with Gasteiger partial charge in [0, 0.05) is 30.2 Å². The first kappa shape index (κ1) is 29.6. The van der Waals surface area contributed by atoms with Gasteiger partial charge in [0.25, 0.3) is 0 Å². The first-order valence-corrected chi connectivity index (χ1v) is 12.2. The van der Waals surface area contributed by atoms with Gasteiger partial charge in [0.15, 0.2) is 11.5 Å². The average molecular weight is 493 g/mol. The van der Waals surface area contributed by atoms with Crippen molar-refractivity contribution in [3.8, 4) is 11.5 Å². The molecule has 0 saturated heterocycles. The van der Waals surface area contributed by atoms with Crippen LogP contribution >= 0.6 is 11.6 Å². The van der Waals surface area contributed by atoms with Crippen LogP contribution in [0.5, 0.6) is 11.5 Å². The number of ether oxygens (including phenoxy) is 2. The number of nitrogens with zero attached hydrogens (tertiary/aromatic N) is 2. The van der Waals surface area contributed by atoms with E-state index >= 15 is 0 Å². The second-order valence-electron chi connectivity index (χ2n) is 9.34. The third kappa shape index (κ3) is 7.79. The number of allylic oxidation sites excluding steroid dienone is 1. The van der Waals surface area contributed by atoms with Gasteiger partial charge in [-0.25, -0.2) is 0 Å². The Bertz CT molecular complexity index is 888. The quantitative estimate of drug-likeness (QED) is 0.285. The SMILES string of the molecule is COc1ccc(/C(Cl)=C(/C=C/C(=O)N(C(C)C)C(C)C)CC(=O)N(C(C)C)C(C)C)cc1OC. The lowest BCUT2D eigenvalue weighted by Gasteiger charge is -2.31. The highest BCUT2D eigenvalue weighted by atomic mass is 35.5. The summed E-state index contributed by atoms with van der Waals surface area (Å²) in [5.41, 5.74) is 1.23. The van der Waals surface area contributed by atoms with E-state index in [1.54, 1.807) is 43.4 Å². The first-order valence-electron chi connectivity index (χ1n) is 11.8. The fourth-order valence-corrected chi connectivity index (χ4v) is 4.40. The summed E-state index contributed by atoms with van der Waals surface area (Å²) in [7, 11) is 3.12. The number of carbonyl (C=O) groups excluding carboxylic acids is 2. The smallest absolute Gasteiger partial charge is 0.247 e. The maximum absolute atomic E-state index is 13.3. The fourth-order valence-electron chi connectivity index (χ4n) is 4.16. The number of halogens is 1. The molecule has 0 fully saturated rings. The lowest BCUT2D eigenvalue weighted by Crippen LogP contribution is -2.42. The molecule has 0 bridgehead atoms. The molecule has 1 aromatic rings. The van der Waals surface area contributed by atoms with Crippen LogP contribution in [0.4, 0.5) is 0 Å². The lowest BCUT2D eigenvalue weighted by atomic mass is 10.0. The molecule has 0 aliphatic rings. The molecule has 0 radical (unpaired) electrons. The number of carbonyl (C=O) groups is 2. The largest absolute Gasteiger partial charge is 0.493 e. The van der Waals surface area contributed by atoms with E-state index in [0.717, 1.165) is 0 Å². The summed E-state index contributed by atoms with van der Waals surface area (Å²) in [6.07, 6.45) is 3.23. The Balaban J connectivity index is 3.53. The van der Waals surface area contributed by atoms with E-state index in [-0.39, 0.29) is 42.4 Å². The highest BCUT2D eigenvalue weighted by Crippen LogP contribution is 2.34. The zero-order valence-corrected chi connectivity index (χ0v) is 23.1. The minimum absolute atomic E-state index is 0.0385. The van der Waals surface area contributed by atoms with Crippen LogP contribution in [0, 0.1) is 0 Å². The first-order chi connectivity index (χ1) is 15.8. The van der Waals surface area contributed by atoms with Gasteiger partial charge in [-0.05, 0) is 84.7 Å². The molecular formula is C27H41ClN2O4. The summed E-state index contributed by atoms with van der Waals surface area (Å²) in [5.74, 6) is 0.923. The normalized spacial score (nSPS) is 12.6. The topological polar surface area (TPSA) is 59.1 Å². The molecule has 6 nitrogen and oxygen atoms in total. The van der Waals surface area contributed by atoms with Crippen molar-refractivity contribution in [3.63, 3.8) is 0 Å². The molecule has 0 saturated carbocycles. The van der Waals surface area contributed by atoms with Gasteiger partial charge >= 0.3 is 0 Å². The molecule has 0 N–H and O–H groups in total. The van der Waals surface area contributed by atoms with Crippen LogP contribution in [0.2, 0.25) is 0 Å². The van der Waals surface area contributed by atoms with Crippen molar-refractivity contribution in [2.24, 2.45) is 0 Å². The van der Waals surface area contributed by atoms with Crippen LogP contribution in [0.25, 0.3) is 5.03 Å². The Morgan fingerprint density at radius 2 is 1.32 bits per heavy atom. The standard InChI is InChI=1S/C27H41ClN2O4/c1-17(2)29(18(3)4)25(31)14-12-22(16-26(32)30(19(5)6)20(7)8)27(28)21-11-13-23(33-9)24(15-21)34-10/h11-15,17-20H,16H2,1-10H3/b14-12+,27-22+. The van der Waals surface area contributed by atoms with Gasteiger partial charge < -0.3 is 19.3 Å². The van der Waals surface area contributed by atoms with Crippen molar-refractivity contribution in [2.45, 2.75) is 86.0 Å². The van der Waals surface area contributed by atoms with Crippen molar-refractivity contribution < 1.29 is 19.1 Å². The van der Waals surface area contributed by atoms with E-state index < -0.39 is 0 Å². The van der Waals surface area contributed by atoms with Gasteiger partial charge in [-0.15, -0.1) is 0 Å². The molecule has 0 aromatic heterocycles. The Labute approximate surface area is 210 Å². The molecule has 190 valence electrons. The van der Waals surface area contributed by atoms with Gasteiger partial charge in [0.05, 0.1) is 25.7 Å². The second-order valence-corrected chi connectivity index (χ2v) is 9.72. The van der Waals surface area contributed by atoms with Gasteiger partial charge in [0.1, 0.15) is 0 Å². The summed E-state index contributed by atoms with van der Waals surface area (Å²) < 4.78 is 10.7. The van der Waals surface area contributed by atoms with E-state index in [0.29, 0.717) is 27.7 Å². The minimum atomic E-state index is -0.128. The lowest BCUT2D eigenvalue weighted by molar-refractivity contribution is -0.134. The number of amides is 2. The molecule has 0 atom stereocenters. The summed E-state index contributed by atoms with van der Waals surface area (Å²) in [4.78, 5) is 29.8. The molecule has 2 amide bonds. The highest BCUT2D eigenvalue weighted by Gasteiger charge is 2.23. The Kier molecular flexibility index (Phi) is 11.7. The molecule has 34 heavy (non-hydrogen) atoms. The molecule has 1 rings (SSSR count). The molecule has 7 heteroatoms. The summed E-state index contributed by atoms with van der Waals surface area (Å²) in [6, 6.07) is 5.50. The Morgan fingerprint density at radius 1 is 0.824 bits per heavy atom. The van der Waals surface area contributed by atoms with Crippen molar-refractivity contribution >= 4 is 28.4 Å². The molecule has 0 heterocycles. The number of rotatable bonds is 11. The monoisotopic (exact) mass is 492 g/mol. The number of hydrogen-bond donors (Lipinski definition) is 0. The van der Waals surface area contributed by atoms with Crippen LogP contribution in [-0.2, 0) is 9.59 Å². The Morgan fingerprint density at radius 3 is 1.76 bits per heavy atom. The van der Waals surface area contributed by atoms with Gasteiger partial charge in [-0.3, -0.25) is 9.59 Å².